The van der Waals surface area contributed by atoms with Gasteiger partial charge in [0, 0.05) is 22.0 Å². The molecule has 0 saturated carbocycles. The van der Waals surface area contributed by atoms with E-state index in [1.54, 1.807) is 29.7 Å². The minimum absolute atomic E-state index is 0.0780. The van der Waals surface area contributed by atoms with E-state index < -0.39 is 0 Å². The molecule has 106 valence electrons. The highest BCUT2D eigenvalue weighted by molar-refractivity contribution is 7.14. The number of aryl methyl sites for hydroxylation is 2. The van der Waals surface area contributed by atoms with Gasteiger partial charge >= 0.3 is 0 Å². The fourth-order valence-electron chi connectivity index (χ4n) is 3.05. The summed E-state index contributed by atoms with van der Waals surface area (Å²) in [6, 6.07) is 6.83. The number of hydrogen-bond donors (Lipinski definition) is 1. The molecular formula is C17H14FNOS. The zero-order chi connectivity index (χ0) is 14.4. The number of H-pyrrole nitrogens is 1. The first-order valence-electron chi connectivity index (χ1n) is 7.16. The van der Waals surface area contributed by atoms with E-state index in [1.807, 2.05) is 6.07 Å². The van der Waals surface area contributed by atoms with Crippen LogP contribution in [-0.2, 0) is 12.8 Å². The highest BCUT2D eigenvalue weighted by Gasteiger charge is 2.21. The summed E-state index contributed by atoms with van der Waals surface area (Å²) >= 11 is 1.57. The summed E-state index contributed by atoms with van der Waals surface area (Å²) in [5.41, 5.74) is 2.40. The second-order valence-electron chi connectivity index (χ2n) is 5.46. The molecule has 4 rings (SSSR count). The van der Waals surface area contributed by atoms with Crippen LogP contribution in [0.15, 0.2) is 30.5 Å². The molecule has 1 aliphatic rings. The fraction of sp³-hybridized carbons (Fsp3) is 0.235. The standard InChI is InChI=1S/C17H14FNOS/c18-12-5-3-6-13-16(12)11(9-19-13)17(20)15-8-10-4-1-2-7-14(10)21-15/h3,5-6,8-9,19H,1-2,4,7H2. The lowest BCUT2D eigenvalue weighted by atomic mass is 9.98. The molecule has 2 nitrogen and oxygen atoms in total. The number of carbonyl (C=O) groups excluding carboxylic acids is 1. The van der Waals surface area contributed by atoms with Crippen molar-refractivity contribution in [3.8, 4) is 0 Å². The van der Waals surface area contributed by atoms with Gasteiger partial charge in [0.05, 0.1) is 10.4 Å². The Balaban J connectivity index is 1.81. The number of rotatable bonds is 2. The van der Waals surface area contributed by atoms with Crippen LogP contribution in [0.3, 0.4) is 0 Å². The Bertz CT molecular complexity index is 822. The van der Waals surface area contributed by atoms with Gasteiger partial charge in [-0.3, -0.25) is 4.79 Å². The molecule has 0 unspecified atom stereocenters. The first kappa shape index (κ1) is 12.8. The van der Waals surface area contributed by atoms with Crippen molar-refractivity contribution >= 4 is 28.0 Å². The second kappa shape index (κ2) is 4.81. The van der Waals surface area contributed by atoms with Crippen LogP contribution >= 0.6 is 11.3 Å². The number of fused-ring (bicyclic) bond motifs is 2. The molecule has 1 N–H and O–H groups in total. The van der Waals surface area contributed by atoms with Gasteiger partial charge in [-0.25, -0.2) is 4.39 Å². The Morgan fingerprint density at radius 3 is 2.95 bits per heavy atom. The van der Waals surface area contributed by atoms with Crippen LogP contribution < -0.4 is 0 Å². The molecule has 0 fully saturated rings. The average molecular weight is 299 g/mol. The average Bonchev–Trinajstić information content (AvgIpc) is 3.11. The van der Waals surface area contributed by atoms with Crippen molar-refractivity contribution in [3.05, 3.63) is 57.2 Å². The lowest BCUT2D eigenvalue weighted by molar-refractivity contribution is 0.104. The number of aromatic nitrogens is 1. The van der Waals surface area contributed by atoms with Gasteiger partial charge in [0.1, 0.15) is 5.82 Å². The quantitative estimate of drug-likeness (QED) is 0.695. The van der Waals surface area contributed by atoms with Gasteiger partial charge in [-0.05, 0) is 49.4 Å². The SMILES string of the molecule is O=C(c1cc2c(s1)CCCC2)c1c[nH]c2cccc(F)c12. The van der Waals surface area contributed by atoms with Gasteiger partial charge in [0.15, 0.2) is 0 Å². The summed E-state index contributed by atoms with van der Waals surface area (Å²) < 4.78 is 14.0. The third-order valence-corrected chi connectivity index (χ3v) is 5.36. The molecule has 0 spiro atoms. The molecule has 3 aromatic rings. The van der Waals surface area contributed by atoms with Crippen LogP contribution in [0, 0.1) is 5.82 Å². The number of carbonyl (C=O) groups is 1. The van der Waals surface area contributed by atoms with Crippen LogP contribution in [0.5, 0.6) is 0 Å². The molecule has 2 aromatic heterocycles. The Hall–Kier alpha value is -1.94. The van der Waals surface area contributed by atoms with E-state index in [1.165, 1.54) is 29.3 Å². The first-order chi connectivity index (χ1) is 10.2. The summed E-state index contributed by atoms with van der Waals surface area (Å²) in [7, 11) is 0. The summed E-state index contributed by atoms with van der Waals surface area (Å²) in [5.74, 6) is -0.427. The van der Waals surface area contributed by atoms with Crippen LogP contribution in [-0.4, -0.2) is 10.8 Å². The Morgan fingerprint density at radius 1 is 1.24 bits per heavy atom. The number of nitrogens with one attached hydrogen (secondary N) is 1. The van der Waals surface area contributed by atoms with E-state index >= 15 is 0 Å². The van der Waals surface area contributed by atoms with Crippen molar-refractivity contribution in [2.75, 3.05) is 0 Å². The second-order valence-corrected chi connectivity index (χ2v) is 6.60. The molecule has 21 heavy (non-hydrogen) atoms. The molecule has 0 amide bonds. The van der Waals surface area contributed by atoms with E-state index in [4.69, 9.17) is 0 Å². The maximum Gasteiger partial charge on any atom is 0.205 e. The molecule has 0 atom stereocenters. The number of ketones is 1. The molecule has 4 heteroatoms. The van der Waals surface area contributed by atoms with E-state index in [0.29, 0.717) is 16.5 Å². The zero-order valence-corrected chi connectivity index (χ0v) is 12.2. The van der Waals surface area contributed by atoms with Crippen LogP contribution in [0.1, 0.15) is 38.5 Å². The maximum atomic E-state index is 14.0. The number of halogens is 1. The predicted molar refractivity (Wildman–Crippen MR) is 82.7 cm³/mol. The third kappa shape index (κ3) is 2.02. The van der Waals surface area contributed by atoms with E-state index in [2.05, 4.69) is 4.98 Å². The molecule has 1 aliphatic carbocycles. The van der Waals surface area contributed by atoms with Gasteiger partial charge < -0.3 is 4.98 Å². The minimum atomic E-state index is -0.349. The first-order valence-corrected chi connectivity index (χ1v) is 7.97. The van der Waals surface area contributed by atoms with E-state index in [0.717, 1.165) is 17.7 Å². The molecule has 0 saturated heterocycles. The highest BCUT2D eigenvalue weighted by Crippen LogP contribution is 2.32. The number of benzene rings is 1. The number of hydrogen-bond acceptors (Lipinski definition) is 2. The minimum Gasteiger partial charge on any atom is -0.360 e. The fourth-order valence-corrected chi connectivity index (χ4v) is 4.26. The Morgan fingerprint density at radius 2 is 2.10 bits per heavy atom. The lowest BCUT2D eigenvalue weighted by Crippen LogP contribution is -1.98. The van der Waals surface area contributed by atoms with E-state index in [-0.39, 0.29) is 11.6 Å². The molecule has 0 bridgehead atoms. The predicted octanol–water partition coefficient (Wildman–Crippen LogP) is 4.48. The van der Waals surface area contributed by atoms with Gasteiger partial charge in [0.25, 0.3) is 0 Å². The smallest absolute Gasteiger partial charge is 0.205 e. The maximum absolute atomic E-state index is 14.0. The Kier molecular flexibility index (Phi) is 2.93. The van der Waals surface area contributed by atoms with E-state index in [9.17, 15) is 9.18 Å². The summed E-state index contributed by atoms with van der Waals surface area (Å²) in [6.45, 7) is 0. The van der Waals surface area contributed by atoms with Crippen molar-refractivity contribution in [2.24, 2.45) is 0 Å². The zero-order valence-electron chi connectivity index (χ0n) is 11.4. The number of aromatic amines is 1. The van der Waals surface area contributed by atoms with Gasteiger partial charge in [0.2, 0.25) is 5.78 Å². The van der Waals surface area contributed by atoms with Crippen LogP contribution in [0.2, 0.25) is 0 Å². The molecule has 0 aliphatic heterocycles. The topological polar surface area (TPSA) is 32.9 Å². The monoisotopic (exact) mass is 299 g/mol. The molecular weight excluding hydrogens is 285 g/mol. The third-order valence-electron chi connectivity index (χ3n) is 4.12. The molecule has 2 heterocycles. The Labute approximate surface area is 125 Å². The van der Waals surface area contributed by atoms with Crippen molar-refractivity contribution < 1.29 is 9.18 Å². The lowest BCUT2D eigenvalue weighted by Gasteiger charge is -2.08. The molecule has 1 aromatic carbocycles. The van der Waals surface area contributed by atoms with Crippen LogP contribution in [0.4, 0.5) is 4.39 Å². The van der Waals surface area contributed by atoms with Crippen molar-refractivity contribution in [3.63, 3.8) is 0 Å². The summed E-state index contributed by atoms with van der Waals surface area (Å²) in [4.78, 5) is 17.8. The van der Waals surface area contributed by atoms with Crippen molar-refractivity contribution in [1.82, 2.24) is 4.98 Å². The van der Waals surface area contributed by atoms with Crippen LogP contribution in [0.25, 0.3) is 10.9 Å². The summed E-state index contributed by atoms with van der Waals surface area (Å²) in [6.07, 6.45) is 6.13. The van der Waals surface area contributed by atoms with Crippen molar-refractivity contribution in [2.45, 2.75) is 25.7 Å². The summed E-state index contributed by atoms with van der Waals surface area (Å²) in [5, 5.41) is 0.397. The van der Waals surface area contributed by atoms with Gasteiger partial charge in [-0.15, -0.1) is 11.3 Å². The largest absolute Gasteiger partial charge is 0.360 e. The van der Waals surface area contributed by atoms with Crippen molar-refractivity contribution in [1.29, 1.82) is 0 Å². The highest BCUT2D eigenvalue weighted by atomic mass is 32.1. The normalized spacial score (nSPS) is 14.3. The van der Waals surface area contributed by atoms with Gasteiger partial charge in [-0.1, -0.05) is 6.07 Å². The molecule has 0 radical (unpaired) electrons. The number of thiophene rings is 1. The van der Waals surface area contributed by atoms with Gasteiger partial charge in [-0.2, -0.15) is 0 Å².